The Bertz CT molecular complexity index is 1010. The van der Waals surface area contributed by atoms with Crippen molar-refractivity contribution < 1.29 is 14.3 Å². The van der Waals surface area contributed by atoms with E-state index in [1.807, 2.05) is 18.2 Å². The van der Waals surface area contributed by atoms with Gasteiger partial charge in [-0.2, -0.15) is 5.26 Å². The lowest BCUT2D eigenvalue weighted by molar-refractivity contribution is -0.117. The largest absolute Gasteiger partial charge is 0.450 e. The summed E-state index contributed by atoms with van der Waals surface area (Å²) >= 11 is 1.38. The first kappa shape index (κ1) is 22.1. The molecule has 1 fully saturated rings. The summed E-state index contributed by atoms with van der Waals surface area (Å²) in [6, 6.07) is 12.5. The first-order valence-electron chi connectivity index (χ1n) is 10.9. The third-order valence-corrected chi connectivity index (χ3v) is 6.94. The highest BCUT2D eigenvalue weighted by molar-refractivity contribution is 7.16. The van der Waals surface area contributed by atoms with Gasteiger partial charge in [0, 0.05) is 43.3 Å². The fourth-order valence-corrected chi connectivity index (χ4v) is 5.38. The summed E-state index contributed by atoms with van der Waals surface area (Å²) in [5.41, 5.74) is 2.66. The molecule has 0 unspecified atom stereocenters. The van der Waals surface area contributed by atoms with E-state index in [0.717, 1.165) is 36.6 Å². The molecule has 32 heavy (non-hydrogen) atoms. The number of rotatable bonds is 5. The second-order valence-electron chi connectivity index (χ2n) is 7.84. The number of nitriles is 1. The lowest BCUT2D eigenvalue weighted by atomic mass is 10.0. The third kappa shape index (κ3) is 4.87. The van der Waals surface area contributed by atoms with Crippen molar-refractivity contribution in [2.24, 2.45) is 0 Å². The van der Waals surface area contributed by atoms with Gasteiger partial charge in [-0.25, -0.2) is 4.79 Å². The molecule has 0 spiro atoms. The number of carbonyl (C=O) groups is 2. The molecular weight excluding hydrogens is 426 g/mol. The van der Waals surface area contributed by atoms with E-state index in [0.29, 0.717) is 43.2 Å². The van der Waals surface area contributed by atoms with Crippen LogP contribution >= 0.6 is 11.3 Å². The second-order valence-corrected chi connectivity index (χ2v) is 8.94. The summed E-state index contributed by atoms with van der Waals surface area (Å²) < 4.78 is 5.09. The summed E-state index contributed by atoms with van der Waals surface area (Å²) in [4.78, 5) is 31.8. The molecule has 168 valence electrons. The number of amides is 2. The van der Waals surface area contributed by atoms with E-state index < -0.39 is 0 Å². The van der Waals surface area contributed by atoms with Crippen LogP contribution in [0, 0.1) is 11.3 Å². The minimum Gasteiger partial charge on any atom is -0.450 e. The Hall–Kier alpha value is -3.09. The van der Waals surface area contributed by atoms with Crippen LogP contribution in [-0.2, 0) is 22.5 Å². The van der Waals surface area contributed by atoms with E-state index in [4.69, 9.17) is 4.74 Å². The van der Waals surface area contributed by atoms with Crippen LogP contribution in [0.4, 0.5) is 15.5 Å². The van der Waals surface area contributed by atoms with Gasteiger partial charge in [0.15, 0.2) is 0 Å². The molecular formula is C23H27N5O3S. The maximum absolute atomic E-state index is 12.7. The van der Waals surface area contributed by atoms with Crippen LogP contribution in [0.5, 0.6) is 0 Å². The zero-order valence-corrected chi connectivity index (χ0v) is 19.0. The van der Waals surface area contributed by atoms with Crippen molar-refractivity contribution in [3.05, 3.63) is 46.3 Å². The number of piperazine rings is 1. The number of ether oxygens (including phenoxy) is 1. The van der Waals surface area contributed by atoms with Gasteiger partial charge in [0.05, 0.1) is 25.3 Å². The summed E-state index contributed by atoms with van der Waals surface area (Å²) in [6.07, 6.45) is 0.246. The molecule has 2 aliphatic heterocycles. The standard InChI is InChI=1S/C23H27N5O3S/c1-2-31-23(30)28-9-8-18-19(14-24)22(32-20(18)15-28)25-21(29)16-26-10-12-27(13-11-26)17-6-4-3-5-7-17/h3-7H,2,8-13,15-16H2,1H3,(H,25,29). The number of carbonyl (C=O) groups excluding carboxylic acids is 2. The van der Waals surface area contributed by atoms with Gasteiger partial charge in [-0.15, -0.1) is 11.3 Å². The molecule has 9 heteroatoms. The van der Waals surface area contributed by atoms with E-state index in [1.165, 1.54) is 17.0 Å². The van der Waals surface area contributed by atoms with Crippen molar-refractivity contribution in [3.63, 3.8) is 0 Å². The molecule has 1 aromatic carbocycles. The highest BCUT2D eigenvalue weighted by Crippen LogP contribution is 2.36. The molecule has 2 aromatic rings. The van der Waals surface area contributed by atoms with Crippen molar-refractivity contribution in [1.82, 2.24) is 9.80 Å². The monoisotopic (exact) mass is 453 g/mol. The number of para-hydroxylation sites is 1. The number of benzene rings is 1. The quantitative estimate of drug-likeness (QED) is 0.749. The van der Waals surface area contributed by atoms with E-state index >= 15 is 0 Å². The molecule has 0 bridgehead atoms. The maximum atomic E-state index is 12.7. The topological polar surface area (TPSA) is 88.9 Å². The van der Waals surface area contributed by atoms with E-state index in [1.54, 1.807) is 11.8 Å². The summed E-state index contributed by atoms with van der Waals surface area (Å²) in [5, 5.41) is 13.2. The fraction of sp³-hybridized carbons (Fsp3) is 0.435. The molecule has 0 atom stereocenters. The molecule has 0 radical (unpaired) electrons. The fourth-order valence-electron chi connectivity index (χ4n) is 4.15. The lowest BCUT2D eigenvalue weighted by Crippen LogP contribution is -2.48. The average molecular weight is 454 g/mol. The highest BCUT2D eigenvalue weighted by Gasteiger charge is 2.28. The molecule has 3 heterocycles. The highest BCUT2D eigenvalue weighted by atomic mass is 32.1. The summed E-state index contributed by atoms with van der Waals surface area (Å²) in [7, 11) is 0. The average Bonchev–Trinajstić information content (AvgIpc) is 3.16. The summed E-state index contributed by atoms with van der Waals surface area (Å²) in [6.45, 7) is 6.69. The molecule has 1 N–H and O–H groups in total. The Morgan fingerprint density at radius 1 is 1.16 bits per heavy atom. The number of nitrogens with one attached hydrogen (secondary N) is 1. The third-order valence-electron chi connectivity index (χ3n) is 5.81. The second kappa shape index (κ2) is 10.0. The van der Waals surface area contributed by atoms with E-state index in [2.05, 4.69) is 33.3 Å². The molecule has 8 nitrogen and oxygen atoms in total. The van der Waals surface area contributed by atoms with Gasteiger partial charge in [-0.05, 0) is 31.0 Å². The van der Waals surface area contributed by atoms with Crippen LogP contribution in [0.3, 0.4) is 0 Å². The molecule has 0 aliphatic carbocycles. The van der Waals surface area contributed by atoms with Crippen LogP contribution < -0.4 is 10.2 Å². The van der Waals surface area contributed by atoms with Gasteiger partial charge in [-0.3, -0.25) is 9.69 Å². The van der Waals surface area contributed by atoms with Crippen LogP contribution in [-0.4, -0.2) is 67.7 Å². The number of thiophene rings is 1. The van der Waals surface area contributed by atoms with Crippen LogP contribution in [0.1, 0.15) is 22.9 Å². The Labute approximate surface area is 192 Å². The minimum atomic E-state index is -0.342. The number of hydrogen-bond acceptors (Lipinski definition) is 7. The number of anilines is 2. The van der Waals surface area contributed by atoms with Gasteiger partial charge < -0.3 is 19.9 Å². The van der Waals surface area contributed by atoms with Gasteiger partial charge in [0.1, 0.15) is 11.1 Å². The predicted molar refractivity (Wildman–Crippen MR) is 124 cm³/mol. The Morgan fingerprint density at radius 3 is 2.59 bits per heavy atom. The normalized spacial score (nSPS) is 16.2. The summed E-state index contributed by atoms with van der Waals surface area (Å²) in [5.74, 6) is -0.115. The maximum Gasteiger partial charge on any atom is 0.410 e. The number of fused-ring (bicyclic) bond motifs is 1. The van der Waals surface area contributed by atoms with E-state index in [9.17, 15) is 14.9 Å². The minimum absolute atomic E-state index is 0.115. The van der Waals surface area contributed by atoms with Crippen molar-refractivity contribution in [1.29, 1.82) is 5.26 Å². The smallest absolute Gasteiger partial charge is 0.410 e. The van der Waals surface area contributed by atoms with Crippen molar-refractivity contribution >= 4 is 34.0 Å². The van der Waals surface area contributed by atoms with Crippen LogP contribution in [0.2, 0.25) is 0 Å². The SMILES string of the molecule is CCOC(=O)N1CCc2c(sc(NC(=O)CN3CCN(c4ccccc4)CC3)c2C#N)C1. The predicted octanol–water partition coefficient (Wildman–Crippen LogP) is 2.90. The first-order valence-corrected chi connectivity index (χ1v) is 11.7. The molecule has 2 aliphatic rings. The van der Waals surface area contributed by atoms with Gasteiger partial charge in [-0.1, -0.05) is 18.2 Å². The van der Waals surface area contributed by atoms with Gasteiger partial charge >= 0.3 is 6.09 Å². The molecule has 4 rings (SSSR count). The molecule has 1 aromatic heterocycles. The zero-order valence-electron chi connectivity index (χ0n) is 18.2. The number of nitrogens with zero attached hydrogens (tertiary/aromatic N) is 4. The lowest BCUT2D eigenvalue weighted by Gasteiger charge is -2.35. The van der Waals surface area contributed by atoms with Crippen LogP contribution in [0.25, 0.3) is 0 Å². The Balaban J connectivity index is 1.34. The Kier molecular flexibility index (Phi) is 6.93. The molecule has 1 saturated heterocycles. The Morgan fingerprint density at radius 2 is 1.91 bits per heavy atom. The van der Waals surface area contributed by atoms with Gasteiger partial charge in [0.2, 0.25) is 5.91 Å². The first-order chi connectivity index (χ1) is 15.6. The van der Waals surface area contributed by atoms with Crippen molar-refractivity contribution in [2.45, 2.75) is 19.9 Å². The van der Waals surface area contributed by atoms with Crippen molar-refractivity contribution in [2.75, 3.05) is 56.1 Å². The number of hydrogen-bond donors (Lipinski definition) is 1. The molecule has 2 amide bonds. The van der Waals surface area contributed by atoms with Gasteiger partial charge in [0.25, 0.3) is 0 Å². The zero-order chi connectivity index (χ0) is 22.5. The van der Waals surface area contributed by atoms with Crippen molar-refractivity contribution in [3.8, 4) is 6.07 Å². The molecule has 0 saturated carbocycles. The van der Waals surface area contributed by atoms with Crippen LogP contribution in [0.15, 0.2) is 30.3 Å². The van der Waals surface area contributed by atoms with E-state index in [-0.39, 0.29) is 12.0 Å².